The molecule has 2 heterocycles. The van der Waals surface area contributed by atoms with Crippen LogP contribution in [0.4, 0.5) is 0 Å². The van der Waals surface area contributed by atoms with Gasteiger partial charge in [-0.25, -0.2) is 0 Å². The van der Waals surface area contributed by atoms with Gasteiger partial charge in [-0.15, -0.1) is 0 Å². The van der Waals surface area contributed by atoms with Gasteiger partial charge in [0.1, 0.15) is 18.1 Å². The first-order valence-corrected chi connectivity index (χ1v) is 22.2. The van der Waals surface area contributed by atoms with Crippen LogP contribution in [0.3, 0.4) is 0 Å². The molecular formula is C44H72N6O6. The predicted molar refractivity (Wildman–Crippen MR) is 215 cm³/mol. The van der Waals surface area contributed by atoms with Crippen LogP contribution < -0.4 is 21.3 Å². The highest BCUT2D eigenvalue weighted by atomic mass is 16.2. The first-order valence-electron chi connectivity index (χ1n) is 22.2. The Labute approximate surface area is 335 Å². The standard InChI is InChI=1S/C44H72N6O6/c1-9-16-30(34(51)39(55)45-29-20-21-29)46-37(53)32-25-44(42(7,8)43(44)22-15-23-43)26-50(32)40(56)35(41(4,5)6)48-38(54)33(28-17-11-10-12-18-28)47-36(52)31-19-13-14-24-49(31)27(2)3/h27-33,35H,9-26H2,1-8H3,(H,45,55)(H,46,53)(H,47,52)(H,48,54)/t30-,31+,32-,33-,35+,44+/m0/s1. The van der Waals surface area contributed by atoms with Crippen molar-refractivity contribution in [1.29, 1.82) is 0 Å². The Morgan fingerprint density at radius 2 is 1.41 bits per heavy atom. The van der Waals surface area contributed by atoms with Crippen LogP contribution in [0.2, 0.25) is 0 Å². The number of hydrogen-bond donors (Lipinski definition) is 4. The topological polar surface area (TPSA) is 157 Å². The summed E-state index contributed by atoms with van der Waals surface area (Å²) in [7, 11) is 0. The molecule has 12 nitrogen and oxygen atoms in total. The minimum atomic E-state index is -0.988. The maximum atomic E-state index is 15.2. The molecule has 0 aromatic carbocycles. The predicted octanol–water partition coefficient (Wildman–Crippen LogP) is 4.78. The van der Waals surface area contributed by atoms with E-state index in [4.69, 9.17) is 0 Å². The average molecular weight is 781 g/mol. The van der Waals surface area contributed by atoms with Gasteiger partial charge in [0.05, 0.1) is 12.1 Å². The summed E-state index contributed by atoms with van der Waals surface area (Å²) in [4.78, 5) is 88.4. The molecule has 6 atom stereocenters. The van der Waals surface area contributed by atoms with Crippen LogP contribution in [-0.4, -0.2) is 101 Å². The van der Waals surface area contributed by atoms with Crippen LogP contribution in [0.1, 0.15) is 158 Å². The Hall–Kier alpha value is -3.02. The molecular weight excluding hydrogens is 709 g/mol. The van der Waals surface area contributed by atoms with E-state index in [0.29, 0.717) is 25.8 Å². The third-order valence-electron chi connectivity index (χ3n) is 15.4. The molecule has 2 aliphatic heterocycles. The van der Waals surface area contributed by atoms with E-state index >= 15 is 4.79 Å². The van der Waals surface area contributed by atoms with Gasteiger partial charge >= 0.3 is 0 Å². The fraction of sp³-hybridized carbons (Fsp3) is 0.864. The van der Waals surface area contributed by atoms with Crippen molar-refractivity contribution in [2.45, 2.75) is 200 Å². The Morgan fingerprint density at radius 1 is 0.768 bits per heavy atom. The van der Waals surface area contributed by atoms with Crippen LogP contribution >= 0.6 is 0 Å². The lowest BCUT2D eigenvalue weighted by molar-refractivity contribution is -0.146. The number of carbonyl (C=O) groups excluding carboxylic acids is 6. The molecule has 314 valence electrons. The Balaban J connectivity index is 1.26. The maximum absolute atomic E-state index is 15.2. The van der Waals surface area contributed by atoms with Crippen LogP contribution in [0, 0.1) is 27.6 Å². The molecule has 4 N–H and O–H groups in total. The zero-order valence-corrected chi connectivity index (χ0v) is 35.7. The van der Waals surface area contributed by atoms with E-state index < -0.39 is 47.2 Å². The van der Waals surface area contributed by atoms with Gasteiger partial charge in [0.2, 0.25) is 29.4 Å². The number of carbonyl (C=O) groups is 6. The summed E-state index contributed by atoms with van der Waals surface area (Å²) < 4.78 is 0. The lowest BCUT2D eigenvalue weighted by atomic mass is 9.73. The van der Waals surface area contributed by atoms with Crippen LogP contribution in [0.15, 0.2) is 0 Å². The van der Waals surface area contributed by atoms with Crippen LogP contribution in [-0.2, 0) is 28.8 Å². The number of fused-ring (bicyclic) bond motifs is 1. The highest BCUT2D eigenvalue weighted by Crippen LogP contribution is 2.88. The number of Topliss-reactive ketones (excluding diaryl/α,β-unsaturated/α-hetero) is 1. The molecule has 5 amide bonds. The van der Waals surface area contributed by atoms with E-state index in [1.165, 1.54) is 0 Å². The second-order valence-corrected chi connectivity index (χ2v) is 20.3. The fourth-order valence-corrected chi connectivity index (χ4v) is 11.5. The van der Waals surface area contributed by atoms with Gasteiger partial charge in [-0.3, -0.25) is 33.7 Å². The highest BCUT2D eigenvalue weighted by Gasteiger charge is 2.85. The molecule has 0 aromatic heterocycles. The van der Waals surface area contributed by atoms with Gasteiger partial charge in [0.15, 0.2) is 0 Å². The van der Waals surface area contributed by atoms with E-state index in [1.54, 1.807) is 4.90 Å². The van der Waals surface area contributed by atoms with E-state index in [9.17, 15) is 24.0 Å². The van der Waals surface area contributed by atoms with Crippen molar-refractivity contribution in [3.63, 3.8) is 0 Å². The van der Waals surface area contributed by atoms with Gasteiger partial charge in [-0.1, -0.05) is 80.1 Å². The minimum absolute atomic E-state index is 0.0144. The third kappa shape index (κ3) is 7.90. The molecule has 6 aliphatic rings. The van der Waals surface area contributed by atoms with Gasteiger partial charge in [-0.05, 0) is 107 Å². The first-order chi connectivity index (χ1) is 26.4. The zero-order chi connectivity index (χ0) is 40.8. The minimum Gasteiger partial charge on any atom is -0.347 e. The van der Waals surface area contributed by atoms with E-state index in [-0.39, 0.29) is 58.0 Å². The van der Waals surface area contributed by atoms with Gasteiger partial charge < -0.3 is 26.2 Å². The molecule has 0 aromatic rings. The smallest absolute Gasteiger partial charge is 0.289 e. The number of piperidine rings is 1. The van der Waals surface area contributed by atoms with Crippen LogP contribution in [0.5, 0.6) is 0 Å². The van der Waals surface area contributed by atoms with Crippen molar-refractivity contribution >= 4 is 35.3 Å². The number of ketones is 1. The molecule has 2 spiro atoms. The van der Waals surface area contributed by atoms with E-state index in [1.807, 2.05) is 27.7 Å². The summed E-state index contributed by atoms with van der Waals surface area (Å²) in [5.74, 6) is -2.58. The SMILES string of the molecule is CCC[C@H](NC(=O)[C@@H]1C[C@@]2(CN1C(=O)[C@@H](NC(=O)[C@@H](NC(=O)[C@H]1CCCCN1C(C)C)C1CCCCC1)C(C)(C)C)C(C)(C)C21CCC1)C(=O)C(=O)NC1CC1. The largest absolute Gasteiger partial charge is 0.347 e. The third-order valence-corrected chi connectivity index (χ3v) is 15.4. The highest BCUT2D eigenvalue weighted by molar-refractivity contribution is 6.38. The number of likely N-dealkylation sites (tertiary alicyclic amines) is 2. The maximum Gasteiger partial charge on any atom is 0.289 e. The Morgan fingerprint density at radius 3 is 1.96 bits per heavy atom. The second-order valence-electron chi connectivity index (χ2n) is 20.3. The average Bonchev–Trinajstić information content (AvgIpc) is 3.96. The summed E-state index contributed by atoms with van der Waals surface area (Å²) in [5.41, 5.74) is -1.04. The normalized spacial score (nSPS) is 28.9. The summed E-state index contributed by atoms with van der Waals surface area (Å²) in [6, 6.07) is -3.67. The lowest BCUT2D eigenvalue weighted by Crippen LogP contribution is -2.63. The summed E-state index contributed by atoms with van der Waals surface area (Å²) >= 11 is 0. The van der Waals surface area contributed by atoms with Crippen molar-refractivity contribution < 1.29 is 28.8 Å². The monoisotopic (exact) mass is 781 g/mol. The van der Waals surface area contributed by atoms with Crippen molar-refractivity contribution in [3.05, 3.63) is 0 Å². The molecule has 6 rings (SSSR count). The van der Waals surface area contributed by atoms with Crippen molar-refractivity contribution in [3.8, 4) is 0 Å². The number of nitrogens with zero attached hydrogens (tertiary/aromatic N) is 2. The number of nitrogens with one attached hydrogen (secondary N) is 4. The molecule has 2 saturated heterocycles. The Bertz CT molecular complexity index is 1520. The summed E-state index contributed by atoms with van der Waals surface area (Å²) in [5, 5.41) is 12.1. The van der Waals surface area contributed by atoms with Crippen LogP contribution in [0.25, 0.3) is 0 Å². The molecule has 6 fully saturated rings. The summed E-state index contributed by atoms with van der Waals surface area (Å²) in [6.45, 7) is 17.7. The molecule has 4 saturated carbocycles. The van der Waals surface area contributed by atoms with Gasteiger partial charge in [0.25, 0.3) is 5.91 Å². The molecule has 0 radical (unpaired) electrons. The van der Waals surface area contributed by atoms with Crippen molar-refractivity contribution in [2.75, 3.05) is 13.1 Å². The van der Waals surface area contributed by atoms with Gasteiger partial charge in [0, 0.05) is 24.0 Å². The number of amides is 5. The Kier molecular flexibility index (Phi) is 12.4. The van der Waals surface area contributed by atoms with Gasteiger partial charge in [-0.2, -0.15) is 0 Å². The zero-order valence-electron chi connectivity index (χ0n) is 35.7. The molecule has 0 unspecified atom stereocenters. The van der Waals surface area contributed by atoms with Crippen molar-refractivity contribution in [2.24, 2.45) is 27.6 Å². The fourth-order valence-electron chi connectivity index (χ4n) is 11.5. The quantitative estimate of drug-likeness (QED) is 0.185. The van der Waals surface area contributed by atoms with Crippen molar-refractivity contribution in [1.82, 2.24) is 31.1 Å². The molecule has 56 heavy (non-hydrogen) atoms. The molecule has 0 bridgehead atoms. The van der Waals surface area contributed by atoms with E-state index in [2.05, 4.69) is 53.9 Å². The molecule has 12 heteroatoms. The number of hydrogen-bond acceptors (Lipinski definition) is 7. The first kappa shape index (κ1) is 42.6. The number of rotatable bonds is 14. The summed E-state index contributed by atoms with van der Waals surface area (Å²) in [6.07, 6.45) is 13.8. The lowest BCUT2D eigenvalue weighted by Gasteiger charge is -2.40. The van der Waals surface area contributed by atoms with E-state index in [0.717, 1.165) is 90.0 Å². The second kappa shape index (κ2) is 16.3. The molecule has 4 aliphatic carbocycles.